The van der Waals surface area contributed by atoms with Gasteiger partial charge in [0.1, 0.15) is 6.07 Å². The van der Waals surface area contributed by atoms with Crippen molar-refractivity contribution >= 4 is 29.2 Å². The van der Waals surface area contributed by atoms with Crippen molar-refractivity contribution in [3.05, 3.63) is 95.3 Å². The molecule has 0 bridgehead atoms. The number of carbonyl (C=O) groups is 2. The maximum atomic E-state index is 12.6. The summed E-state index contributed by atoms with van der Waals surface area (Å²) in [7, 11) is 0. The highest BCUT2D eigenvalue weighted by molar-refractivity contribution is 6.31. The molecule has 0 fully saturated rings. The Kier molecular flexibility index (Phi) is 6.43. The van der Waals surface area contributed by atoms with Gasteiger partial charge in [-0.15, -0.1) is 5.10 Å². The molecule has 0 aliphatic heterocycles. The molecule has 9 heteroatoms. The Morgan fingerprint density at radius 2 is 1.73 bits per heavy atom. The number of para-hydroxylation sites is 1. The standard InChI is InChI=1S/C24H16ClN5O3/c25-18-12-11-17(14-26)20(13-18)27-21(31)15-33-24(32)22-28-23(16-7-3-1-4-8-16)30(29-22)19-9-5-2-6-10-19/h1-13H,15H2,(H,27,31). The summed E-state index contributed by atoms with van der Waals surface area (Å²) in [5, 5.41) is 16.3. The first-order chi connectivity index (χ1) is 16.0. The fraction of sp³-hybridized carbons (Fsp3) is 0.0417. The summed E-state index contributed by atoms with van der Waals surface area (Å²) in [5.41, 5.74) is 1.93. The zero-order valence-electron chi connectivity index (χ0n) is 17.1. The van der Waals surface area contributed by atoms with Crippen molar-refractivity contribution in [3.8, 4) is 23.1 Å². The van der Waals surface area contributed by atoms with E-state index in [1.807, 2.05) is 66.7 Å². The Hall–Kier alpha value is -4.48. The molecule has 4 rings (SSSR count). The molecule has 1 aromatic heterocycles. The lowest BCUT2D eigenvalue weighted by molar-refractivity contribution is -0.119. The van der Waals surface area contributed by atoms with E-state index in [-0.39, 0.29) is 17.1 Å². The highest BCUT2D eigenvalue weighted by Crippen LogP contribution is 2.22. The third-order valence-electron chi connectivity index (χ3n) is 4.53. The molecule has 0 saturated heterocycles. The third-order valence-corrected chi connectivity index (χ3v) is 4.77. The summed E-state index contributed by atoms with van der Waals surface area (Å²) in [6, 6.07) is 24.9. The second-order valence-corrected chi connectivity index (χ2v) is 7.23. The van der Waals surface area contributed by atoms with Gasteiger partial charge < -0.3 is 10.1 Å². The van der Waals surface area contributed by atoms with Crippen molar-refractivity contribution < 1.29 is 14.3 Å². The monoisotopic (exact) mass is 457 g/mol. The molecule has 0 atom stereocenters. The first kappa shape index (κ1) is 21.7. The van der Waals surface area contributed by atoms with Crippen LogP contribution >= 0.6 is 11.6 Å². The highest BCUT2D eigenvalue weighted by atomic mass is 35.5. The van der Waals surface area contributed by atoms with Gasteiger partial charge in [-0.25, -0.2) is 14.5 Å². The zero-order chi connectivity index (χ0) is 23.2. The maximum absolute atomic E-state index is 12.6. The molecule has 0 radical (unpaired) electrons. The summed E-state index contributed by atoms with van der Waals surface area (Å²) in [6.07, 6.45) is 0. The van der Waals surface area contributed by atoms with Crippen LogP contribution < -0.4 is 5.32 Å². The first-order valence-electron chi connectivity index (χ1n) is 9.79. The number of nitrogens with zero attached hydrogens (tertiary/aromatic N) is 4. The van der Waals surface area contributed by atoms with Gasteiger partial charge in [0.15, 0.2) is 12.4 Å². The number of hydrogen-bond acceptors (Lipinski definition) is 6. The highest BCUT2D eigenvalue weighted by Gasteiger charge is 2.21. The number of hydrogen-bond donors (Lipinski definition) is 1. The summed E-state index contributed by atoms with van der Waals surface area (Å²) >= 11 is 5.92. The molecule has 0 unspecified atom stereocenters. The van der Waals surface area contributed by atoms with E-state index in [0.717, 1.165) is 5.56 Å². The largest absolute Gasteiger partial charge is 0.450 e. The number of rotatable bonds is 6. The van der Waals surface area contributed by atoms with Crippen LogP contribution in [0.15, 0.2) is 78.9 Å². The van der Waals surface area contributed by atoms with Crippen LogP contribution in [-0.4, -0.2) is 33.2 Å². The van der Waals surface area contributed by atoms with Crippen LogP contribution in [0.1, 0.15) is 16.2 Å². The van der Waals surface area contributed by atoms with E-state index < -0.39 is 18.5 Å². The van der Waals surface area contributed by atoms with Crippen molar-refractivity contribution in [2.45, 2.75) is 0 Å². The molecule has 1 heterocycles. The number of nitriles is 1. The van der Waals surface area contributed by atoms with Crippen LogP contribution in [0.4, 0.5) is 5.69 Å². The lowest BCUT2D eigenvalue weighted by atomic mass is 10.2. The topological polar surface area (TPSA) is 110 Å². The predicted molar refractivity (Wildman–Crippen MR) is 122 cm³/mol. The molecule has 3 aromatic carbocycles. The molecule has 162 valence electrons. The van der Waals surface area contributed by atoms with E-state index in [1.165, 1.54) is 22.9 Å². The van der Waals surface area contributed by atoms with Gasteiger partial charge in [0.05, 0.1) is 16.9 Å². The van der Waals surface area contributed by atoms with Gasteiger partial charge in [-0.3, -0.25) is 4.79 Å². The van der Waals surface area contributed by atoms with Crippen molar-refractivity contribution in [1.82, 2.24) is 14.8 Å². The van der Waals surface area contributed by atoms with Crippen LogP contribution in [0.25, 0.3) is 17.1 Å². The molecular weight excluding hydrogens is 442 g/mol. The number of amides is 1. The van der Waals surface area contributed by atoms with Crippen molar-refractivity contribution in [2.24, 2.45) is 0 Å². The van der Waals surface area contributed by atoms with E-state index in [0.29, 0.717) is 16.5 Å². The van der Waals surface area contributed by atoms with E-state index in [1.54, 1.807) is 0 Å². The molecule has 0 spiro atoms. The van der Waals surface area contributed by atoms with Gasteiger partial charge in [0, 0.05) is 10.6 Å². The van der Waals surface area contributed by atoms with Gasteiger partial charge in [0.2, 0.25) is 0 Å². The lowest BCUT2D eigenvalue weighted by Gasteiger charge is -2.07. The van der Waals surface area contributed by atoms with Gasteiger partial charge in [-0.2, -0.15) is 5.26 Å². The molecule has 1 N–H and O–H groups in total. The van der Waals surface area contributed by atoms with Crippen LogP contribution in [0.2, 0.25) is 5.02 Å². The minimum atomic E-state index is -0.858. The van der Waals surface area contributed by atoms with E-state index >= 15 is 0 Å². The average molecular weight is 458 g/mol. The number of aromatic nitrogens is 3. The van der Waals surface area contributed by atoms with Gasteiger partial charge in [-0.05, 0) is 30.3 Å². The SMILES string of the molecule is N#Cc1ccc(Cl)cc1NC(=O)COC(=O)c1nc(-c2ccccc2)n(-c2ccccc2)n1. The number of ether oxygens (including phenoxy) is 1. The Morgan fingerprint density at radius 1 is 1.03 bits per heavy atom. The predicted octanol–water partition coefficient (Wildman–Crippen LogP) is 4.25. The number of esters is 1. The number of carbonyl (C=O) groups excluding carboxylic acids is 2. The molecule has 8 nitrogen and oxygen atoms in total. The fourth-order valence-electron chi connectivity index (χ4n) is 3.02. The minimum absolute atomic E-state index is 0.189. The number of halogens is 1. The Morgan fingerprint density at radius 3 is 2.42 bits per heavy atom. The minimum Gasteiger partial charge on any atom is -0.450 e. The lowest BCUT2D eigenvalue weighted by Crippen LogP contribution is -2.22. The normalized spacial score (nSPS) is 10.3. The molecular formula is C24H16ClN5O3. The Balaban J connectivity index is 1.52. The molecule has 4 aromatic rings. The number of benzene rings is 3. The summed E-state index contributed by atoms with van der Waals surface area (Å²) in [4.78, 5) is 29.2. The summed E-state index contributed by atoms with van der Waals surface area (Å²) in [5.74, 6) is -1.22. The van der Waals surface area contributed by atoms with Crippen LogP contribution in [0.5, 0.6) is 0 Å². The van der Waals surface area contributed by atoms with Crippen LogP contribution in [-0.2, 0) is 9.53 Å². The molecule has 0 aliphatic carbocycles. The van der Waals surface area contributed by atoms with E-state index in [9.17, 15) is 9.59 Å². The maximum Gasteiger partial charge on any atom is 0.378 e. The quantitative estimate of drug-likeness (QED) is 0.433. The second-order valence-electron chi connectivity index (χ2n) is 6.80. The van der Waals surface area contributed by atoms with Gasteiger partial charge in [0.25, 0.3) is 11.7 Å². The summed E-state index contributed by atoms with van der Waals surface area (Å²) in [6.45, 7) is -0.587. The fourth-order valence-corrected chi connectivity index (χ4v) is 3.19. The smallest absolute Gasteiger partial charge is 0.378 e. The molecule has 0 saturated carbocycles. The van der Waals surface area contributed by atoms with Crippen molar-refractivity contribution in [2.75, 3.05) is 11.9 Å². The molecule has 0 aliphatic rings. The Labute approximate surface area is 194 Å². The van der Waals surface area contributed by atoms with Crippen LogP contribution in [0, 0.1) is 11.3 Å². The Bertz CT molecular complexity index is 1290. The van der Waals surface area contributed by atoms with Crippen LogP contribution in [0.3, 0.4) is 0 Å². The van der Waals surface area contributed by atoms with Crippen molar-refractivity contribution in [1.29, 1.82) is 5.26 Å². The molecule has 1 amide bonds. The average Bonchev–Trinajstić information content (AvgIpc) is 3.29. The van der Waals surface area contributed by atoms with Crippen molar-refractivity contribution in [3.63, 3.8) is 0 Å². The zero-order valence-corrected chi connectivity index (χ0v) is 17.9. The second kappa shape index (κ2) is 9.77. The first-order valence-corrected chi connectivity index (χ1v) is 10.2. The van der Waals surface area contributed by atoms with Gasteiger partial charge >= 0.3 is 5.97 Å². The molecule has 33 heavy (non-hydrogen) atoms. The van der Waals surface area contributed by atoms with E-state index in [2.05, 4.69) is 15.4 Å². The summed E-state index contributed by atoms with van der Waals surface area (Å²) < 4.78 is 6.64. The van der Waals surface area contributed by atoms with Gasteiger partial charge in [-0.1, -0.05) is 60.1 Å². The number of anilines is 1. The third kappa shape index (κ3) is 5.06. The van der Waals surface area contributed by atoms with E-state index in [4.69, 9.17) is 21.6 Å². The number of nitrogens with one attached hydrogen (secondary N) is 1.